The number of nitrogens with one attached hydrogen (secondary N) is 1. The zero-order valence-electron chi connectivity index (χ0n) is 16.1. The fraction of sp³-hybridized carbons (Fsp3) is 0.632. The number of benzene rings is 1. The number of carbonyl (C=O) groups excluding carboxylic acids is 1. The highest BCUT2D eigenvalue weighted by atomic mass is 32.2. The summed E-state index contributed by atoms with van der Waals surface area (Å²) in [7, 11) is -3.44. The molecule has 3 rings (SSSR count). The molecule has 2 fully saturated rings. The number of rotatable bonds is 6. The third kappa shape index (κ3) is 5.07. The van der Waals surface area contributed by atoms with E-state index in [1.807, 2.05) is 0 Å². The molecule has 7 nitrogen and oxygen atoms in total. The quantitative estimate of drug-likeness (QED) is 0.786. The maximum atomic E-state index is 12.5. The molecule has 150 valence electrons. The van der Waals surface area contributed by atoms with E-state index in [1.54, 1.807) is 12.1 Å². The van der Waals surface area contributed by atoms with E-state index in [1.165, 1.54) is 16.4 Å². The van der Waals surface area contributed by atoms with Gasteiger partial charge in [-0.3, -0.25) is 9.69 Å². The van der Waals surface area contributed by atoms with Gasteiger partial charge in [0.2, 0.25) is 10.0 Å². The number of nitrogens with zero attached hydrogens (tertiary/aromatic N) is 2. The second-order valence-corrected chi connectivity index (χ2v) is 9.35. The molecule has 1 aromatic carbocycles. The van der Waals surface area contributed by atoms with Crippen LogP contribution >= 0.6 is 0 Å². The lowest BCUT2D eigenvalue weighted by Gasteiger charge is -2.35. The summed E-state index contributed by atoms with van der Waals surface area (Å²) in [6, 6.07) is 6.20. The van der Waals surface area contributed by atoms with Gasteiger partial charge in [0.1, 0.15) is 0 Å². The average molecular weight is 396 g/mol. The van der Waals surface area contributed by atoms with Crippen LogP contribution in [-0.4, -0.2) is 75.0 Å². The number of morpholine rings is 1. The SMILES string of the molecule is CC1CN(CCNC(=O)c2ccc(S(=O)(=O)N3CCCC3)cc2)CC(C)O1. The molecule has 2 atom stereocenters. The third-order valence-corrected chi connectivity index (χ3v) is 6.94. The van der Waals surface area contributed by atoms with E-state index in [0.29, 0.717) is 25.2 Å². The maximum absolute atomic E-state index is 12.5. The van der Waals surface area contributed by atoms with Crippen LogP contribution in [0.1, 0.15) is 37.0 Å². The summed E-state index contributed by atoms with van der Waals surface area (Å²) in [5.74, 6) is -0.186. The second-order valence-electron chi connectivity index (χ2n) is 7.41. The first-order valence-corrected chi connectivity index (χ1v) is 11.1. The first-order chi connectivity index (χ1) is 12.9. The predicted octanol–water partition coefficient (Wildman–Crippen LogP) is 1.31. The smallest absolute Gasteiger partial charge is 0.251 e. The minimum atomic E-state index is -3.44. The van der Waals surface area contributed by atoms with Crippen LogP contribution in [0.25, 0.3) is 0 Å². The lowest BCUT2D eigenvalue weighted by atomic mass is 10.2. The lowest BCUT2D eigenvalue weighted by Crippen LogP contribution is -2.47. The molecule has 2 unspecified atom stereocenters. The molecular weight excluding hydrogens is 366 g/mol. The van der Waals surface area contributed by atoms with E-state index in [9.17, 15) is 13.2 Å². The highest BCUT2D eigenvalue weighted by Crippen LogP contribution is 2.21. The van der Waals surface area contributed by atoms with E-state index in [-0.39, 0.29) is 23.0 Å². The number of hydrogen-bond acceptors (Lipinski definition) is 5. The monoisotopic (exact) mass is 395 g/mol. The van der Waals surface area contributed by atoms with Gasteiger partial charge in [0.25, 0.3) is 5.91 Å². The Morgan fingerprint density at radius 3 is 2.30 bits per heavy atom. The maximum Gasteiger partial charge on any atom is 0.251 e. The Bertz CT molecular complexity index is 735. The molecule has 0 spiro atoms. The van der Waals surface area contributed by atoms with Crippen molar-refractivity contribution < 1.29 is 17.9 Å². The molecule has 1 N–H and O–H groups in total. The van der Waals surface area contributed by atoms with Gasteiger partial charge in [0.05, 0.1) is 17.1 Å². The molecule has 0 bridgehead atoms. The number of hydrogen-bond donors (Lipinski definition) is 1. The Kier molecular flexibility index (Phi) is 6.52. The van der Waals surface area contributed by atoms with Crippen LogP contribution < -0.4 is 5.32 Å². The Balaban J connectivity index is 1.52. The summed E-state index contributed by atoms with van der Waals surface area (Å²) in [5.41, 5.74) is 0.471. The lowest BCUT2D eigenvalue weighted by molar-refractivity contribution is -0.0672. The van der Waals surface area contributed by atoms with Crippen molar-refractivity contribution in [2.45, 2.75) is 43.8 Å². The van der Waals surface area contributed by atoms with Crippen LogP contribution in [0.5, 0.6) is 0 Å². The molecule has 0 aliphatic carbocycles. The molecule has 0 radical (unpaired) electrons. The van der Waals surface area contributed by atoms with Gasteiger partial charge in [-0.2, -0.15) is 4.31 Å². The van der Waals surface area contributed by atoms with Crippen LogP contribution in [0.2, 0.25) is 0 Å². The van der Waals surface area contributed by atoms with E-state index in [2.05, 4.69) is 24.1 Å². The molecule has 8 heteroatoms. The highest BCUT2D eigenvalue weighted by Gasteiger charge is 2.27. The summed E-state index contributed by atoms with van der Waals surface area (Å²) >= 11 is 0. The molecule has 0 saturated carbocycles. The number of sulfonamides is 1. The van der Waals surface area contributed by atoms with Gasteiger partial charge in [-0.15, -0.1) is 0 Å². The van der Waals surface area contributed by atoms with Crippen molar-refractivity contribution in [1.82, 2.24) is 14.5 Å². The Hall–Kier alpha value is -1.48. The Labute approximate surface area is 161 Å². The van der Waals surface area contributed by atoms with Gasteiger partial charge in [-0.25, -0.2) is 8.42 Å². The van der Waals surface area contributed by atoms with E-state index < -0.39 is 10.0 Å². The van der Waals surface area contributed by atoms with Crippen LogP contribution in [0.15, 0.2) is 29.2 Å². The first kappa shape index (κ1) is 20.3. The molecule has 1 amide bonds. The topological polar surface area (TPSA) is 79.0 Å². The summed E-state index contributed by atoms with van der Waals surface area (Å²) in [4.78, 5) is 14.8. The largest absolute Gasteiger partial charge is 0.373 e. The molecule has 2 heterocycles. The summed E-state index contributed by atoms with van der Waals surface area (Å²) < 4.78 is 32.3. The molecule has 1 aromatic rings. The van der Waals surface area contributed by atoms with Crippen molar-refractivity contribution in [1.29, 1.82) is 0 Å². The van der Waals surface area contributed by atoms with Gasteiger partial charge in [-0.1, -0.05) is 0 Å². The van der Waals surface area contributed by atoms with Gasteiger partial charge in [0, 0.05) is 44.8 Å². The van der Waals surface area contributed by atoms with Crippen molar-refractivity contribution in [3.8, 4) is 0 Å². The molecular formula is C19H29N3O4S. The van der Waals surface area contributed by atoms with Gasteiger partial charge >= 0.3 is 0 Å². The third-order valence-electron chi connectivity index (χ3n) is 5.03. The van der Waals surface area contributed by atoms with Crippen molar-refractivity contribution in [3.05, 3.63) is 29.8 Å². The molecule has 2 saturated heterocycles. The predicted molar refractivity (Wildman–Crippen MR) is 103 cm³/mol. The van der Waals surface area contributed by atoms with Gasteiger partial charge < -0.3 is 10.1 Å². The van der Waals surface area contributed by atoms with Crippen molar-refractivity contribution in [3.63, 3.8) is 0 Å². The van der Waals surface area contributed by atoms with Gasteiger partial charge in [0.15, 0.2) is 0 Å². The summed E-state index contributed by atoms with van der Waals surface area (Å²) in [5, 5.41) is 2.91. The number of ether oxygens (including phenoxy) is 1. The van der Waals surface area contributed by atoms with Crippen molar-refractivity contribution in [2.24, 2.45) is 0 Å². The molecule has 2 aliphatic rings. The van der Waals surface area contributed by atoms with Crippen LogP contribution in [0.4, 0.5) is 0 Å². The van der Waals surface area contributed by atoms with Crippen molar-refractivity contribution >= 4 is 15.9 Å². The number of amides is 1. The normalized spacial score (nSPS) is 24.8. The molecule has 27 heavy (non-hydrogen) atoms. The van der Waals surface area contributed by atoms with Gasteiger partial charge in [-0.05, 0) is 51.0 Å². The fourth-order valence-corrected chi connectivity index (χ4v) is 5.27. The van der Waals surface area contributed by atoms with E-state index >= 15 is 0 Å². The molecule has 2 aliphatic heterocycles. The first-order valence-electron chi connectivity index (χ1n) is 9.62. The average Bonchev–Trinajstić information content (AvgIpc) is 3.16. The highest BCUT2D eigenvalue weighted by molar-refractivity contribution is 7.89. The summed E-state index contributed by atoms with van der Waals surface area (Å²) in [6.07, 6.45) is 2.21. The Morgan fingerprint density at radius 1 is 1.11 bits per heavy atom. The zero-order valence-corrected chi connectivity index (χ0v) is 16.9. The standard InChI is InChI=1S/C19H29N3O4S/c1-15-13-21(14-16(2)26-15)12-9-20-19(23)17-5-7-18(8-6-17)27(24,25)22-10-3-4-11-22/h5-8,15-16H,3-4,9-14H2,1-2H3,(H,20,23). The summed E-state index contributed by atoms with van der Waals surface area (Å²) in [6.45, 7) is 8.30. The fourth-order valence-electron chi connectivity index (χ4n) is 3.75. The number of carbonyl (C=O) groups is 1. The Morgan fingerprint density at radius 2 is 1.70 bits per heavy atom. The van der Waals surface area contributed by atoms with Crippen LogP contribution in [-0.2, 0) is 14.8 Å². The van der Waals surface area contributed by atoms with E-state index in [0.717, 1.165) is 32.5 Å². The zero-order chi connectivity index (χ0) is 19.4. The second kappa shape index (κ2) is 8.68. The van der Waals surface area contributed by atoms with E-state index in [4.69, 9.17) is 4.74 Å². The van der Waals surface area contributed by atoms with Crippen LogP contribution in [0, 0.1) is 0 Å². The van der Waals surface area contributed by atoms with Crippen LogP contribution in [0.3, 0.4) is 0 Å². The molecule has 0 aromatic heterocycles. The minimum absolute atomic E-state index is 0.186. The minimum Gasteiger partial charge on any atom is -0.373 e. The van der Waals surface area contributed by atoms with Crippen molar-refractivity contribution in [2.75, 3.05) is 39.3 Å².